The second-order valence-electron chi connectivity index (χ2n) is 5.68. The third-order valence-corrected chi connectivity index (χ3v) is 3.78. The molecule has 1 amide bonds. The normalized spacial score (nSPS) is 10.2. The molecule has 0 spiro atoms. The molecule has 0 aliphatic rings. The van der Waals surface area contributed by atoms with Crippen LogP contribution in [0.5, 0.6) is 11.5 Å². The number of hydrogen-bond acceptors (Lipinski definition) is 5. The zero-order valence-electron chi connectivity index (χ0n) is 14.9. The number of hydrogen-bond donors (Lipinski definition) is 1. The average molecular weight is 358 g/mol. The number of anilines is 1. The summed E-state index contributed by atoms with van der Waals surface area (Å²) in [7, 11) is 1.43. The molecule has 0 bridgehead atoms. The summed E-state index contributed by atoms with van der Waals surface area (Å²) in [6, 6.07) is 10.8. The summed E-state index contributed by atoms with van der Waals surface area (Å²) in [6.45, 7) is 2.77. The first-order valence-electron chi connectivity index (χ1n) is 8.41. The molecular formula is C19H22N2O5. The summed E-state index contributed by atoms with van der Waals surface area (Å²) in [6.07, 6.45) is 3.24. The summed E-state index contributed by atoms with van der Waals surface area (Å²) in [5.74, 6) is 0.659. The number of nitrogens with zero attached hydrogens (tertiary/aromatic N) is 1. The van der Waals surface area contributed by atoms with Crippen LogP contribution in [0.1, 0.15) is 36.5 Å². The second-order valence-corrected chi connectivity index (χ2v) is 5.68. The van der Waals surface area contributed by atoms with Crippen LogP contribution in [0, 0.1) is 10.1 Å². The van der Waals surface area contributed by atoms with Crippen LogP contribution in [-0.4, -0.2) is 24.5 Å². The fourth-order valence-electron chi connectivity index (χ4n) is 2.35. The van der Waals surface area contributed by atoms with Crippen LogP contribution < -0.4 is 14.8 Å². The van der Waals surface area contributed by atoms with Crippen molar-refractivity contribution in [1.82, 2.24) is 0 Å². The predicted octanol–water partition coefficient (Wildman–Crippen LogP) is 4.42. The summed E-state index contributed by atoms with van der Waals surface area (Å²) in [5.41, 5.74) is 0.531. The number of nitro groups is 1. The summed E-state index contributed by atoms with van der Waals surface area (Å²) < 4.78 is 10.8. The minimum absolute atomic E-state index is 0.128. The van der Waals surface area contributed by atoms with Crippen molar-refractivity contribution < 1.29 is 19.2 Å². The maximum Gasteiger partial charge on any atom is 0.271 e. The zero-order chi connectivity index (χ0) is 18.9. The Kier molecular flexibility index (Phi) is 6.96. The minimum atomic E-state index is -0.528. The fraction of sp³-hybridized carbons (Fsp3) is 0.316. The standard InChI is InChI=1S/C19H22N2O5/c1-3-4-5-12-26-16-9-6-14(7-10-16)19(22)20-17-13-15(21(23)24)8-11-18(17)25-2/h6-11,13H,3-5,12H2,1-2H3,(H,20,22). The first-order valence-corrected chi connectivity index (χ1v) is 8.41. The van der Waals surface area contributed by atoms with E-state index in [0.29, 0.717) is 23.7 Å². The molecule has 1 N–H and O–H groups in total. The molecular weight excluding hydrogens is 336 g/mol. The van der Waals surface area contributed by atoms with Gasteiger partial charge in [0.15, 0.2) is 0 Å². The van der Waals surface area contributed by atoms with E-state index in [0.717, 1.165) is 19.3 Å². The lowest BCUT2D eigenvalue weighted by atomic mass is 10.2. The maximum atomic E-state index is 12.4. The largest absolute Gasteiger partial charge is 0.495 e. The third-order valence-electron chi connectivity index (χ3n) is 3.78. The van der Waals surface area contributed by atoms with Crippen molar-refractivity contribution in [2.75, 3.05) is 19.0 Å². The molecule has 0 atom stereocenters. The number of carbonyl (C=O) groups excluding carboxylic acids is 1. The van der Waals surface area contributed by atoms with Gasteiger partial charge in [-0.1, -0.05) is 19.8 Å². The van der Waals surface area contributed by atoms with Crippen molar-refractivity contribution in [1.29, 1.82) is 0 Å². The molecule has 0 saturated carbocycles. The van der Waals surface area contributed by atoms with Crippen molar-refractivity contribution >= 4 is 17.3 Å². The Morgan fingerprint density at radius 3 is 2.50 bits per heavy atom. The van der Waals surface area contributed by atoms with Gasteiger partial charge in [0.25, 0.3) is 11.6 Å². The summed E-state index contributed by atoms with van der Waals surface area (Å²) in [4.78, 5) is 22.8. The van der Waals surface area contributed by atoms with Gasteiger partial charge in [0, 0.05) is 17.7 Å². The molecule has 2 aromatic rings. The molecule has 2 aromatic carbocycles. The van der Waals surface area contributed by atoms with E-state index >= 15 is 0 Å². The molecule has 0 aliphatic heterocycles. The minimum Gasteiger partial charge on any atom is -0.495 e. The second kappa shape index (κ2) is 9.41. The molecule has 0 heterocycles. The molecule has 0 unspecified atom stereocenters. The monoisotopic (exact) mass is 358 g/mol. The molecule has 7 nitrogen and oxygen atoms in total. The van der Waals surface area contributed by atoms with Crippen LogP contribution >= 0.6 is 0 Å². The molecule has 0 fully saturated rings. The van der Waals surface area contributed by atoms with Crippen LogP contribution in [0.15, 0.2) is 42.5 Å². The van der Waals surface area contributed by atoms with Gasteiger partial charge < -0.3 is 14.8 Å². The Morgan fingerprint density at radius 1 is 1.15 bits per heavy atom. The number of non-ortho nitro benzene ring substituents is 1. The lowest BCUT2D eigenvalue weighted by Crippen LogP contribution is -2.13. The molecule has 26 heavy (non-hydrogen) atoms. The number of rotatable bonds is 9. The highest BCUT2D eigenvalue weighted by atomic mass is 16.6. The molecule has 2 rings (SSSR count). The van der Waals surface area contributed by atoms with E-state index in [4.69, 9.17) is 9.47 Å². The summed E-state index contributed by atoms with van der Waals surface area (Å²) >= 11 is 0. The summed E-state index contributed by atoms with van der Waals surface area (Å²) in [5, 5.41) is 13.6. The van der Waals surface area contributed by atoms with Crippen LogP contribution in [0.2, 0.25) is 0 Å². The lowest BCUT2D eigenvalue weighted by Gasteiger charge is -2.10. The highest BCUT2D eigenvalue weighted by molar-refractivity contribution is 6.05. The Hall–Kier alpha value is -3.09. The first kappa shape index (κ1) is 19.2. The van der Waals surface area contributed by atoms with Crippen LogP contribution in [0.25, 0.3) is 0 Å². The van der Waals surface area contributed by atoms with Crippen LogP contribution in [0.3, 0.4) is 0 Å². The number of nitrogens with one attached hydrogen (secondary N) is 1. The topological polar surface area (TPSA) is 90.7 Å². The third kappa shape index (κ3) is 5.20. The Labute approximate surface area is 152 Å². The zero-order valence-corrected chi connectivity index (χ0v) is 14.9. The quantitative estimate of drug-likeness (QED) is 0.407. The number of nitro benzene ring substituents is 1. The average Bonchev–Trinajstić information content (AvgIpc) is 2.65. The van der Waals surface area contributed by atoms with E-state index < -0.39 is 4.92 Å². The Bertz CT molecular complexity index is 759. The molecule has 138 valence electrons. The molecule has 0 radical (unpaired) electrons. The Balaban J connectivity index is 2.05. The van der Waals surface area contributed by atoms with E-state index in [-0.39, 0.29) is 17.3 Å². The highest BCUT2D eigenvalue weighted by Gasteiger charge is 2.14. The number of amides is 1. The van der Waals surface area contributed by atoms with Gasteiger partial charge in [-0.05, 0) is 36.8 Å². The highest BCUT2D eigenvalue weighted by Crippen LogP contribution is 2.29. The number of unbranched alkanes of at least 4 members (excludes halogenated alkanes) is 2. The van der Waals surface area contributed by atoms with E-state index in [1.807, 2.05) is 0 Å². The van der Waals surface area contributed by atoms with Crippen molar-refractivity contribution in [2.24, 2.45) is 0 Å². The molecule has 7 heteroatoms. The number of carbonyl (C=O) groups is 1. The van der Waals surface area contributed by atoms with Gasteiger partial charge in [-0.15, -0.1) is 0 Å². The van der Waals surface area contributed by atoms with Gasteiger partial charge in [-0.25, -0.2) is 0 Å². The first-order chi connectivity index (χ1) is 12.5. The fourth-order valence-corrected chi connectivity index (χ4v) is 2.35. The van der Waals surface area contributed by atoms with Gasteiger partial charge in [0.2, 0.25) is 0 Å². The maximum absolute atomic E-state index is 12.4. The van der Waals surface area contributed by atoms with Gasteiger partial charge >= 0.3 is 0 Å². The Morgan fingerprint density at radius 2 is 1.88 bits per heavy atom. The van der Waals surface area contributed by atoms with Crippen molar-refractivity contribution in [3.63, 3.8) is 0 Å². The molecule has 0 saturated heterocycles. The molecule has 0 aliphatic carbocycles. The van der Waals surface area contributed by atoms with E-state index in [1.54, 1.807) is 24.3 Å². The van der Waals surface area contributed by atoms with Gasteiger partial charge in [0.05, 0.1) is 24.3 Å². The van der Waals surface area contributed by atoms with Crippen molar-refractivity contribution in [2.45, 2.75) is 26.2 Å². The van der Waals surface area contributed by atoms with Crippen molar-refractivity contribution in [3.8, 4) is 11.5 Å². The van der Waals surface area contributed by atoms with Crippen molar-refractivity contribution in [3.05, 3.63) is 58.1 Å². The predicted molar refractivity (Wildman–Crippen MR) is 99.1 cm³/mol. The van der Waals surface area contributed by atoms with Crippen LogP contribution in [0.4, 0.5) is 11.4 Å². The van der Waals surface area contributed by atoms with Gasteiger partial charge in [-0.3, -0.25) is 14.9 Å². The lowest BCUT2D eigenvalue weighted by molar-refractivity contribution is -0.384. The smallest absolute Gasteiger partial charge is 0.271 e. The van der Waals surface area contributed by atoms with Gasteiger partial charge in [0.1, 0.15) is 11.5 Å². The van der Waals surface area contributed by atoms with Gasteiger partial charge in [-0.2, -0.15) is 0 Å². The number of benzene rings is 2. The van der Waals surface area contributed by atoms with E-state index in [9.17, 15) is 14.9 Å². The molecule has 0 aromatic heterocycles. The number of methoxy groups -OCH3 is 1. The van der Waals surface area contributed by atoms with E-state index in [1.165, 1.54) is 25.3 Å². The van der Waals surface area contributed by atoms with Crippen LogP contribution in [-0.2, 0) is 0 Å². The number of ether oxygens (including phenoxy) is 2. The SMILES string of the molecule is CCCCCOc1ccc(C(=O)Nc2cc([N+](=O)[O-])ccc2OC)cc1. The van der Waals surface area contributed by atoms with E-state index in [2.05, 4.69) is 12.2 Å².